The fraction of sp³-hybridized carbons (Fsp3) is 0.333. The monoisotopic (exact) mass is 441 g/mol. The highest BCUT2D eigenvalue weighted by Gasteiger charge is 2.28. The number of hydrogen-bond acceptors (Lipinski definition) is 5. The normalized spacial score (nSPS) is 16.2. The van der Waals surface area contributed by atoms with Gasteiger partial charge < -0.3 is 9.47 Å². The number of nitrogens with zero attached hydrogens (tertiary/aromatic N) is 1. The Kier molecular flexibility index (Phi) is 7.94. The average molecular weight is 442 g/mol. The van der Waals surface area contributed by atoms with E-state index in [1.54, 1.807) is 7.05 Å². The van der Waals surface area contributed by atoms with Crippen LogP contribution in [0.1, 0.15) is 43.7 Å². The van der Waals surface area contributed by atoms with Gasteiger partial charge in [0.15, 0.2) is 0 Å². The van der Waals surface area contributed by atoms with Gasteiger partial charge in [-0.05, 0) is 47.7 Å². The number of carbonyl (C=O) groups is 1. The summed E-state index contributed by atoms with van der Waals surface area (Å²) in [5.41, 5.74) is 2.17. The molecule has 1 fully saturated rings. The zero-order chi connectivity index (χ0) is 21.5. The van der Waals surface area contributed by atoms with E-state index in [0.29, 0.717) is 28.4 Å². The molecule has 0 N–H and O–H groups in total. The molecule has 158 valence electrons. The molecule has 0 bridgehead atoms. The first kappa shape index (κ1) is 22.4. The zero-order valence-corrected chi connectivity index (χ0v) is 19.2. The molecule has 0 aliphatic carbocycles. The molecule has 0 spiro atoms. The van der Waals surface area contributed by atoms with Crippen molar-refractivity contribution in [3.8, 4) is 11.5 Å². The highest BCUT2D eigenvalue weighted by Crippen LogP contribution is 2.32. The van der Waals surface area contributed by atoms with Crippen molar-refractivity contribution < 1.29 is 14.3 Å². The fourth-order valence-electron chi connectivity index (χ4n) is 3.06. The summed E-state index contributed by atoms with van der Waals surface area (Å²) in [6.07, 6.45) is 3.72. The van der Waals surface area contributed by atoms with Crippen molar-refractivity contribution in [1.29, 1.82) is 0 Å². The lowest BCUT2D eigenvalue weighted by molar-refractivity contribution is -0.121. The van der Waals surface area contributed by atoms with E-state index in [1.807, 2.05) is 42.5 Å². The summed E-state index contributed by atoms with van der Waals surface area (Å²) >= 11 is 6.50. The molecule has 1 amide bonds. The van der Waals surface area contributed by atoms with E-state index in [2.05, 4.69) is 26.0 Å². The van der Waals surface area contributed by atoms with E-state index in [0.717, 1.165) is 29.9 Å². The lowest BCUT2D eigenvalue weighted by Crippen LogP contribution is -2.22. The summed E-state index contributed by atoms with van der Waals surface area (Å²) in [6, 6.07) is 16.0. The van der Waals surface area contributed by atoms with Gasteiger partial charge >= 0.3 is 0 Å². The standard InChI is InChI=1S/C24H27NO3S2/c1-4-17(2)20-11-5-6-12-21(20)28-14-8-13-27-19-10-7-9-18(15-19)16-22-23(26)25(3)24(29)30-22/h5-7,9-12,15-17H,4,8,13-14H2,1-3H3/b22-16+/t17-/m1/s1. The van der Waals surface area contributed by atoms with Crippen LogP contribution >= 0.6 is 24.0 Å². The van der Waals surface area contributed by atoms with E-state index in [-0.39, 0.29) is 5.91 Å². The van der Waals surface area contributed by atoms with Crippen LogP contribution in [0.25, 0.3) is 6.08 Å². The van der Waals surface area contributed by atoms with Crippen LogP contribution in [-0.2, 0) is 4.79 Å². The molecule has 0 aromatic heterocycles. The maximum Gasteiger partial charge on any atom is 0.265 e. The minimum Gasteiger partial charge on any atom is -0.493 e. The largest absolute Gasteiger partial charge is 0.493 e. The van der Waals surface area contributed by atoms with Crippen molar-refractivity contribution in [1.82, 2.24) is 4.90 Å². The third-order valence-corrected chi connectivity index (χ3v) is 6.50. The highest BCUT2D eigenvalue weighted by atomic mass is 32.2. The number of carbonyl (C=O) groups excluding carboxylic acids is 1. The molecule has 2 aromatic rings. The number of likely N-dealkylation sites (N-methyl/N-ethyl adjacent to an activating group) is 1. The summed E-state index contributed by atoms with van der Waals surface area (Å²) in [6.45, 7) is 5.57. The Hall–Kier alpha value is -2.31. The minimum atomic E-state index is -0.0638. The Morgan fingerprint density at radius 3 is 2.63 bits per heavy atom. The number of ether oxygens (including phenoxy) is 2. The Morgan fingerprint density at radius 2 is 1.90 bits per heavy atom. The number of para-hydroxylation sites is 1. The molecule has 2 aromatic carbocycles. The van der Waals surface area contributed by atoms with Gasteiger partial charge in [0.05, 0.1) is 18.1 Å². The maximum absolute atomic E-state index is 12.2. The minimum absolute atomic E-state index is 0.0638. The number of benzene rings is 2. The van der Waals surface area contributed by atoms with Crippen LogP contribution in [0, 0.1) is 0 Å². The van der Waals surface area contributed by atoms with E-state index in [9.17, 15) is 4.79 Å². The Morgan fingerprint density at radius 1 is 1.13 bits per heavy atom. The van der Waals surface area contributed by atoms with Crippen LogP contribution < -0.4 is 9.47 Å². The second-order valence-electron chi connectivity index (χ2n) is 7.21. The molecule has 3 rings (SSSR count). The van der Waals surface area contributed by atoms with Crippen LogP contribution in [0.15, 0.2) is 53.4 Å². The molecule has 4 nitrogen and oxygen atoms in total. The van der Waals surface area contributed by atoms with Gasteiger partial charge in [-0.2, -0.15) is 0 Å². The van der Waals surface area contributed by atoms with Crippen molar-refractivity contribution in [3.63, 3.8) is 0 Å². The van der Waals surface area contributed by atoms with Gasteiger partial charge in [-0.3, -0.25) is 9.69 Å². The van der Waals surface area contributed by atoms with Crippen LogP contribution in [0.2, 0.25) is 0 Å². The Bertz CT molecular complexity index is 942. The molecular weight excluding hydrogens is 414 g/mol. The quantitative estimate of drug-likeness (QED) is 0.276. The van der Waals surface area contributed by atoms with Gasteiger partial charge in [0, 0.05) is 13.5 Å². The molecule has 1 heterocycles. The van der Waals surface area contributed by atoms with Crippen LogP contribution in [0.3, 0.4) is 0 Å². The number of hydrogen-bond donors (Lipinski definition) is 0. The number of thiocarbonyl (C=S) groups is 1. The third kappa shape index (κ3) is 5.64. The predicted octanol–water partition coefficient (Wildman–Crippen LogP) is 5.88. The van der Waals surface area contributed by atoms with E-state index >= 15 is 0 Å². The van der Waals surface area contributed by atoms with Crippen LogP contribution in [0.4, 0.5) is 0 Å². The topological polar surface area (TPSA) is 38.8 Å². The first-order valence-corrected chi connectivity index (χ1v) is 11.4. The molecule has 0 saturated carbocycles. The van der Waals surface area contributed by atoms with Crippen molar-refractivity contribution in [2.45, 2.75) is 32.6 Å². The molecule has 0 radical (unpaired) electrons. The molecule has 1 aliphatic heterocycles. The molecule has 1 atom stereocenters. The van der Waals surface area contributed by atoms with Gasteiger partial charge in [-0.15, -0.1) is 0 Å². The smallest absolute Gasteiger partial charge is 0.265 e. The number of rotatable bonds is 9. The van der Waals surface area contributed by atoms with Gasteiger partial charge in [0.2, 0.25) is 0 Å². The second kappa shape index (κ2) is 10.6. The van der Waals surface area contributed by atoms with Crippen molar-refractivity contribution in [2.24, 2.45) is 0 Å². The predicted molar refractivity (Wildman–Crippen MR) is 128 cm³/mol. The third-order valence-electron chi connectivity index (χ3n) is 5.02. The SMILES string of the molecule is CC[C@@H](C)c1ccccc1OCCCOc1cccc(/C=C2/SC(=S)N(C)C2=O)c1. The molecule has 0 unspecified atom stereocenters. The molecule has 30 heavy (non-hydrogen) atoms. The summed E-state index contributed by atoms with van der Waals surface area (Å²) in [4.78, 5) is 14.3. The first-order chi connectivity index (χ1) is 14.5. The second-order valence-corrected chi connectivity index (χ2v) is 8.89. The summed E-state index contributed by atoms with van der Waals surface area (Å²) in [5.74, 6) is 2.15. The fourth-order valence-corrected chi connectivity index (χ4v) is 4.24. The van der Waals surface area contributed by atoms with E-state index in [1.165, 1.54) is 22.2 Å². The van der Waals surface area contributed by atoms with Gasteiger partial charge in [0.1, 0.15) is 15.8 Å². The molecule has 1 saturated heterocycles. The number of thioether (sulfide) groups is 1. The van der Waals surface area contributed by atoms with Crippen molar-refractivity contribution in [2.75, 3.05) is 20.3 Å². The van der Waals surface area contributed by atoms with Gasteiger partial charge in [0.25, 0.3) is 5.91 Å². The van der Waals surface area contributed by atoms with Gasteiger partial charge in [-0.1, -0.05) is 68.2 Å². The first-order valence-electron chi connectivity index (χ1n) is 10.2. The van der Waals surface area contributed by atoms with Crippen LogP contribution in [0.5, 0.6) is 11.5 Å². The highest BCUT2D eigenvalue weighted by molar-refractivity contribution is 8.26. The van der Waals surface area contributed by atoms with E-state index < -0.39 is 0 Å². The summed E-state index contributed by atoms with van der Waals surface area (Å²) in [7, 11) is 1.70. The zero-order valence-electron chi connectivity index (χ0n) is 17.6. The Balaban J connectivity index is 1.50. The van der Waals surface area contributed by atoms with E-state index in [4.69, 9.17) is 21.7 Å². The molecular formula is C24H27NO3S2. The number of amides is 1. The summed E-state index contributed by atoms with van der Waals surface area (Å²) < 4.78 is 12.5. The maximum atomic E-state index is 12.2. The summed E-state index contributed by atoms with van der Waals surface area (Å²) in [5, 5.41) is 0. The molecule has 1 aliphatic rings. The Labute approximate surface area is 188 Å². The van der Waals surface area contributed by atoms with Crippen molar-refractivity contribution >= 4 is 40.3 Å². The van der Waals surface area contributed by atoms with Crippen LogP contribution in [-0.4, -0.2) is 35.4 Å². The lowest BCUT2D eigenvalue weighted by atomic mass is 9.98. The lowest BCUT2D eigenvalue weighted by Gasteiger charge is -2.15. The van der Waals surface area contributed by atoms with Gasteiger partial charge in [-0.25, -0.2) is 0 Å². The van der Waals surface area contributed by atoms with Crippen molar-refractivity contribution in [3.05, 3.63) is 64.6 Å². The molecule has 6 heteroatoms. The average Bonchev–Trinajstić information content (AvgIpc) is 3.00.